The molecule has 3 heterocycles. The molecule has 0 radical (unpaired) electrons. The molecule has 0 aliphatic carbocycles. The number of benzene rings is 3. The predicted molar refractivity (Wildman–Crippen MR) is 163 cm³/mol. The van der Waals surface area contributed by atoms with Crippen LogP contribution in [0.15, 0.2) is 85.2 Å². The molecule has 0 spiro atoms. The number of anilines is 2. The third-order valence-electron chi connectivity index (χ3n) is 8.11. The molecule has 0 unspecified atom stereocenters. The summed E-state index contributed by atoms with van der Waals surface area (Å²) in [6, 6.07) is 20.6. The van der Waals surface area contributed by atoms with Crippen LogP contribution in [0.25, 0.3) is 22.5 Å². The number of amides is 2. The number of aromatic hydroxyl groups is 1. The van der Waals surface area contributed by atoms with Crippen LogP contribution in [0, 0.1) is 11.7 Å². The van der Waals surface area contributed by atoms with E-state index in [1.807, 2.05) is 21.9 Å². The third kappa shape index (κ3) is 6.65. The Morgan fingerprint density at radius 2 is 1.58 bits per heavy atom. The standard InChI is InChI=1S/C33H33FN6O3/c34-26-6-2-23(3-7-26)29-20-27(8-11-30(29)41)37-33(43)25-12-15-38(21-25)22-31(42)40-18-16-39(17-19-40)28-9-4-24(5-10-28)32-35-13-1-14-36-32/h1-11,13-14,20,25,41H,12,15-19,21-22H2,(H,37,43)/t25-/m1/s1. The van der Waals surface area contributed by atoms with Gasteiger partial charge in [0.15, 0.2) is 5.82 Å². The molecule has 1 atom stereocenters. The molecule has 0 saturated carbocycles. The highest BCUT2D eigenvalue weighted by Gasteiger charge is 2.31. The van der Waals surface area contributed by atoms with Gasteiger partial charge < -0.3 is 20.2 Å². The number of carbonyl (C=O) groups excluding carboxylic acids is 2. The molecule has 0 bridgehead atoms. The van der Waals surface area contributed by atoms with Gasteiger partial charge in [-0.15, -0.1) is 0 Å². The molecule has 2 amide bonds. The van der Waals surface area contributed by atoms with Crippen molar-refractivity contribution in [2.75, 3.05) is 56.0 Å². The number of nitrogens with one attached hydrogen (secondary N) is 1. The molecule has 2 aliphatic rings. The number of rotatable bonds is 7. The Bertz CT molecular complexity index is 1580. The maximum atomic E-state index is 13.3. The van der Waals surface area contributed by atoms with Crippen molar-refractivity contribution in [2.24, 2.45) is 5.92 Å². The van der Waals surface area contributed by atoms with E-state index < -0.39 is 0 Å². The Kier molecular flexibility index (Phi) is 8.28. The molecule has 2 saturated heterocycles. The van der Waals surface area contributed by atoms with Gasteiger partial charge in [-0.3, -0.25) is 14.5 Å². The minimum atomic E-state index is -0.361. The highest BCUT2D eigenvalue weighted by molar-refractivity contribution is 5.94. The van der Waals surface area contributed by atoms with Gasteiger partial charge in [-0.1, -0.05) is 12.1 Å². The van der Waals surface area contributed by atoms with E-state index in [-0.39, 0.29) is 29.3 Å². The van der Waals surface area contributed by atoms with Crippen molar-refractivity contribution in [1.29, 1.82) is 0 Å². The van der Waals surface area contributed by atoms with Crippen molar-refractivity contribution >= 4 is 23.2 Å². The molecule has 9 nitrogen and oxygen atoms in total. The van der Waals surface area contributed by atoms with Crippen molar-refractivity contribution in [3.8, 4) is 28.3 Å². The van der Waals surface area contributed by atoms with Crippen molar-refractivity contribution < 1.29 is 19.1 Å². The van der Waals surface area contributed by atoms with E-state index in [2.05, 4.69) is 32.3 Å². The van der Waals surface area contributed by atoms with Gasteiger partial charge in [0.05, 0.1) is 12.5 Å². The van der Waals surface area contributed by atoms with Crippen LogP contribution in [0.2, 0.25) is 0 Å². The lowest BCUT2D eigenvalue weighted by molar-refractivity contribution is -0.132. The molecule has 6 rings (SSSR count). The fourth-order valence-corrected chi connectivity index (χ4v) is 5.68. The second-order valence-electron chi connectivity index (χ2n) is 10.9. The highest BCUT2D eigenvalue weighted by Crippen LogP contribution is 2.32. The van der Waals surface area contributed by atoms with E-state index in [9.17, 15) is 19.1 Å². The zero-order valence-corrected chi connectivity index (χ0v) is 23.7. The first kappa shape index (κ1) is 28.3. The van der Waals surface area contributed by atoms with Gasteiger partial charge in [0.2, 0.25) is 11.8 Å². The first-order chi connectivity index (χ1) is 20.9. The number of phenols is 1. The number of piperazine rings is 1. The largest absolute Gasteiger partial charge is 0.507 e. The lowest BCUT2D eigenvalue weighted by atomic mass is 10.0. The van der Waals surface area contributed by atoms with E-state index in [4.69, 9.17) is 0 Å². The molecule has 220 valence electrons. The van der Waals surface area contributed by atoms with Gasteiger partial charge in [-0.05, 0) is 79.2 Å². The minimum absolute atomic E-state index is 0.0482. The minimum Gasteiger partial charge on any atom is -0.507 e. The number of hydrogen-bond acceptors (Lipinski definition) is 7. The smallest absolute Gasteiger partial charge is 0.236 e. The Morgan fingerprint density at radius 1 is 0.884 bits per heavy atom. The first-order valence-electron chi connectivity index (χ1n) is 14.5. The molecular weight excluding hydrogens is 547 g/mol. The second kappa shape index (κ2) is 12.6. The Labute approximate surface area is 249 Å². The third-order valence-corrected chi connectivity index (χ3v) is 8.11. The molecule has 2 N–H and O–H groups in total. The van der Waals surface area contributed by atoms with Crippen LogP contribution in [-0.4, -0.2) is 82.5 Å². The SMILES string of the molecule is O=C(Nc1ccc(O)c(-c2ccc(F)cc2)c1)[C@@H]1CCN(CC(=O)N2CCN(c3ccc(-c4ncccn4)cc3)CC2)C1. The summed E-state index contributed by atoms with van der Waals surface area (Å²) < 4.78 is 13.3. The van der Waals surface area contributed by atoms with Gasteiger partial charge in [0, 0.05) is 67.6 Å². The molecule has 4 aromatic rings. The summed E-state index contributed by atoms with van der Waals surface area (Å²) in [5.74, 6) is 0.107. The monoisotopic (exact) mass is 580 g/mol. The summed E-state index contributed by atoms with van der Waals surface area (Å²) >= 11 is 0. The Morgan fingerprint density at radius 3 is 2.30 bits per heavy atom. The molecule has 2 fully saturated rings. The number of nitrogens with zero attached hydrogens (tertiary/aromatic N) is 5. The summed E-state index contributed by atoms with van der Waals surface area (Å²) in [6.45, 7) is 4.29. The van der Waals surface area contributed by atoms with Crippen LogP contribution in [0.3, 0.4) is 0 Å². The average Bonchev–Trinajstić information content (AvgIpc) is 3.52. The van der Waals surface area contributed by atoms with Gasteiger partial charge in [0.1, 0.15) is 11.6 Å². The lowest BCUT2D eigenvalue weighted by Gasteiger charge is -2.36. The maximum absolute atomic E-state index is 13.3. The first-order valence-corrected chi connectivity index (χ1v) is 14.5. The average molecular weight is 581 g/mol. The van der Waals surface area contributed by atoms with Crippen LogP contribution < -0.4 is 10.2 Å². The molecule has 2 aliphatic heterocycles. The predicted octanol–water partition coefficient (Wildman–Crippen LogP) is 4.26. The van der Waals surface area contributed by atoms with E-state index in [0.29, 0.717) is 61.8 Å². The van der Waals surface area contributed by atoms with Crippen molar-refractivity contribution in [3.05, 3.63) is 91.0 Å². The zero-order valence-electron chi connectivity index (χ0n) is 23.7. The van der Waals surface area contributed by atoms with Crippen molar-refractivity contribution in [3.63, 3.8) is 0 Å². The lowest BCUT2D eigenvalue weighted by Crippen LogP contribution is -2.51. The number of phenolic OH excluding ortho intramolecular Hbond substituents is 1. The van der Waals surface area contributed by atoms with Gasteiger partial charge in [-0.25, -0.2) is 14.4 Å². The number of hydrogen-bond donors (Lipinski definition) is 2. The highest BCUT2D eigenvalue weighted by atomic mass is 19.1. The second-order valence-corrected chi connectivity index (χ2v) is 10.9. The van der Waals surface area contributed by atoms with Crippen LogP contribution in [-0.2, 0) is 9.59 Å². The molecule has 10 heteroatoms. The van der Waals surface area contributed by atoms with Crippen LogP contribution in [0.5, 0.6) is 5.75 Å². The van der Waals surface area contributed by atoms with Crippen LogP contribution in [0.1, 0.15) is 6.42 Å². The van der Waals surface area contributed by atoms with E-state index in [0.717, 1.165) is 24.3 Å². The van der Waals surface area contributed by atoms with Gasteiger partial charge in [-0.2, -0.15) is 0 Å². The van der Waals surface area contributed by atoms with E-state index in [1.165, 1.54) is 18.2 Å². The normalized spacial score (nSPS) is 17.2. The van der Waals surface area contributed by atoms with Crippen molar-refractivity contribution in [1.82, 2.24) is 19.8 Å². The molecule has 3 aromatic carbocycles. The molecule has 43 heavy (non-hydrogen) atoms. The van der Waals surface area contributed by atoms with Crippen molar-refractivity contribution in [2.45, 2.75) is 6.42 Å². The number of aromatic nitrogens is 2. The van der Waals surface area contributed by atoms with Crippen LogP contribution in [0.4, 0.5) is 15.8 Å². The van der Waals surface area contributed by atoms with Gasteiger partial charge >= 0.3 is 0 Å². The Balaban J connectivity index is 0.975. The number of halogens is 1. The van der Waals surface area contributed by atoms with Gasteiger partial charge in [0.25, 0.3) is 0 Å². The molecule has 1 aromatic heterocycles. The van der Waals surface area contributed by atoms with E-state index in [1.54, 1.807) is 42.7 Å². The summed E-state index contributed by atoms with van der Waals surface area (Å²) in [4.78, 5) is 41.0. The quantitative estimate of drug-likeness (QED) is 0.315. The maximum Gasteiger partial charge on any atom is 0.236 e. The van der Waals surface area contributed by atoms with E-state index >= 15 is 0 Å². The topological polar surface area (TPSA) is 102 Å². The summed E-state index contributed by atoms with van der Waals surface area (Å²) in [7, 11) is 0. The summed E-state index contributed by atoms with van der Waals surface area (Å²) in [6.07, 6.45) is 4.13. The number of carbonyl (C=O) groups is 2. The summed E-state index contributed by atoms with van der Waals surface area (Å²) in [5, 5.41) is 13.2. The zero-order chi connectivity index (χ0) is 29.8. The Hall–Kier alpha value is -4.83. The van der Waals surface area contributed by atoms with Crippen LogP contribution >= 0.6 is 0 Å². The summed E-state index contributed by atoms with van der Waals surface area (Å²) in [5.41, 5.74) is 3.79. The molecular formula is C33H33FN6O3. The number of likely N-dealkylation sites (tertiary alicyclic amines) is 1. The fourth-order valence-electron chi connectivity index (χ4n) is 5.68. The fraction of sp³-hybridized carbons (Fsp3) is 0.273.